The second kappa shape index (κ2) is 3.50. The average Bonchev–Trinajstić information content (AvgIpc) is 2.03. The van der Waals surface area contributed by atoms with Crippen molar-refractivity contribution in [2.24, 2.45) is 0 Å². The van der Waals surface area contributed by atoms with Gasteiger partial charge in [-0.25, -0.2) is 9.97 Å². The molecule has 13 heavy (non-hydrogen) atoms. The number of hydrogen-bond acceptors (Lipinski definition) is 3. The Morgan fingerprint density at radius 3 is 3.08 bits per heavy atom. The van der Waals surface area contributed by atoms with E-state index in [0.717, 1.165) is 12.4 Å². The summed E-state index contributed by atoms with van der Waals surface area (Å²) >= 11 is 5.71. The maximum Gasteiger partial charge on any atom is 0.224 e. The molecule has 1 saturated heterocycles. The van der Waals surface area contributed by atoms with Crippen LogP contribution in [-0.4, -0.2) is 22.6 Å². The lowest BCUT2D eigenvalue weighted by atomic mass is 10.0. The number of rotatable bonds is 2. The predicted octanol–water partition coefficient (Wildman–Crippen LogP) is 2.12. The first-order chi connectivity index (χ1) is 6.31. The zero-order chi connectivity index (χ0) is 9.26. The molecule has 1 aromatic rings. The van der Waals surface area contributed by atoms with E-state index in [4.69, 9.17) is 11.6 Å². The Bertz CT molecular complexity index is 301. The first kappa shape index (κ1) is 8.75. The second-order valence-electron chi connectivity index (χ2n) is 3.23. The maximum absolute atomic E-state index is 5.71. The largest absolute Gasteiger partial charge is 0.353 e. The molecule has 0 saturated carbocycles. The molecule has 3 nitrogen and oxygen atoms in total. The summed E-state index contributed by atoms with van der Waals surface area (Å²) in [6.07, 6.45) is 4.13. The van der Waals surface area contributed by atoms with Crippen molar-refractivity contribution >= 4 is 17.4 Å². The van der Waals surface area contributed by atoms with Crippen molar-refractivity contribution in [3.05, 3.63) is 17.5 Å². The third kappa shape index (κ3) is 1.61. The van der Waals surface area contributed by atoms with Gasteiger partial charge in [0.2, 0.25) is 5.28 Å². The Morgan fingerprint density at radius 1 is 1.69 bits per heavy atom. The highest BCUT2D eigenvalue weighted by Crippen LogP contribution is 2.26. The van der Waals surface area contributed by atoms with Gasteiger partial charge in [-0.15, -0.1) is 0 Å². The summed E-state index contributed by atoms with van der Waals surface area (Å²) in [6.45, 7) is 3.28. The van der Waals surface area contributed by atoms with Crippen molar-refractivity contribution in [1.82, 2.24) is 9.97 Å². The molecule has 0 aromatic carbocycles. The van der Waals surface area contributed by atoms with Gasteiger partial charge < -0.3 is 4.90 Å². The van der Waals surface area contributed by atoms with Crippen molar-refractivity contribution in [2.45, 2.75) is 25.8 Å². The summed E-state index contributed by atoms with van der Waals surface area (Å²) in [5.74, 6) is 0.957. The fourth-order valence-corrected chi connectivity index (χ4v) is 1.80. The molecule has 2 rings (SSSR count). The van der Waals surface area contributed by atoms with E-state index in [1.54, 1.807) is 6.20 Å². The van der Waals surface area contributed by atoms with Crippen molar-refractivity contribution in [1.29, 1.82) is 0 Å². The van der Waals surface area contributed by atoms with Crippen molar-refractivity contribution in [3.63, 3.8) is 0 Å². The van der Waals surface area contributed by atoms with Crippen molar-refractivity contribution < 1.29 is 0 Å². The lowest BCUT2D eigenvalue weighted by Crippen LogP contribution is -2.47. The van der Waals surface area contributed by atoms with Crippen LogP contribution in [0.15, 0.2) is 12.3 Å². The topological polar surface area (TPSA) is 29.0 Å². The molecule has 0 radical (unpaired) electrons. The lowest BCUT2D eigenvalue weighted by Gasteiger charge is -2.41. The molecule has 70 valence electrons. The van der Waals surface area contributed by atoms with Crippen LogP contribution in [0.3, 0.4) is 0 Å². The van der Waals surface area contributed by atoms with Gasteiger partial charge in [0, 0.05) is 18.8 Å². The number of nitrogens with zero attached hydrogens (tertiary/aromatic N) is 3. The molecule has 0 amide bonds. The zero-order valence-electron chi connectivity index (χ0n) is 7.57. The van der Waals surface area contributed by atoms with Gasteiger partial charge in [-0.05, 0) is 30.5 Å². The molecule has 4 heteroatoms. The molecule has 0 bridgehead atoms. The van der Waals surface area contributed by atoms with Gasteiger partial charge in [0.15, 0.2) is 0 Å². The van der Waals surface area contributed by atoms with E-state index in [2.05, 4.69) is 21.8 Å². The summed E-state index contributed by atoms with van der Waals surface area (Å²) in [5.41, 5.74) is 0. The number of aromatic nitrogens is 2. The first-order valence-electron chi connectivity index (χ1n) is 4.56. The van der Waals surface area contributed by atoms with Crippen LogP contribution >= 0.6 is 11.6 Å². The van der Waals surface area contributed by atoms with Gasteiger partial charge >= 0.3 is 0 Å². The summed E-state index contributed by atoms with van der Waals surface area (Å²) in [7, 11) is 0. The third-order valence-electron chi connectivity index (χ3n) is 2.52. The Labute approximate surface area is 82.8 Å². The van der Waals surface area contributed by atoms with Gasteiger partial charge in [0.05, 0.1) is 0 Å². The van der Waals surface area contributed by atoms with Gasteiger partial charge in [0.25, 0.3) is 0 Å². The SMILES string of the molecule is CCC1CCN1c1ccnc(Cl)n1. The highest BCUT2D eigenvalue weighted by Gasteiger charge is 2.27. The van der Waals surface area contributed by atoms with Gasteiger partial charge in [-0.3, -0.25) is 0 Å². The minimum atomic E-state index is 0.333. The number of anilines is 1. The van der Waals surface area contributed by atoms with Crippen LogP contribution in [0, 0.1) is 0 Å². The Morgan fingerprint density at radius 2 is 2.54 bits per heavy atom. The van der Waals surface area contributed by atoms with E-state index in [-0.39, 0.29) is 0 Å². The molecule has 2 heterocycles. The zero-order valence-corrected chi connectivity index (χ0v) is 8.33. The summed E-state index contributed by atoms with van der Waals surface area (Å²) in [4.78, 5) is 10.3. The Hall–Kier alpha value is -0.830. The highest BCUT2D eigenvalue weighted by molar-refractivity contribution is 6.28. The molecule has 0 spiro atoms. The van der Waals surface area contributed by atoms with E-state index in [9.17, 15) is 0 Å². The molecule has 0 aliphatic carbocycles. The minimum absolute atomic E-state index is 0.333. The average molecular weight is 198 g/mol. The minimum Gasteiger partial charge on any atom is -0.353 e. The number of hydrogen-bond donors (Lipinski definition) is 0. The van der Waals surface area contributed by atoms with Gasteiger partial charge in [-0.1, -0.05) is 6.92 Å². The molecule has 1 fully saturated rings. The molecular weight excluding hydrogens is 186 g/mol. The standard InChI is InChI=1S/C9H12ClN3/c1-2-7-4-6-13(7)8-3-5-11-9(10)12-8/h3,5,7H,2,4,6H2,1H3. The lowest BCUT2D eigenvalue weighted by molar-refractivity contribution is 0.433. The molecule has 1 aliphatic heterocycles. The van der Waals surface area contributed by atoms with E-state index in [0.29, 0.717) is 11.3 Å². The molecule has 1 atom stereocenters. The van der Waals surface area contributed by atoms with Gasteiger partial charge in [-0.2, -0.15) is 0 Å². The summed E-state index contributed by atoms with van der Waals surface area (Å²) in [6, 6.07) is 2.55. The third-order valence-corrected chi connectivity index (χ3v) is 2.70. The normalized spacial score (nSPS) is 21.4. The fourth-order valence-electron chi connectivity index (χ4n) is 1.65. The molecule has 1 unspecified atom stereocenters. The van der Waals surface area contributed by atoms with Crippen LogP contribution in [-0.2, 0) is 0 Å². The summed E-state index contributed by atoms with van der Waals surface area (Å²) < 4.78 is 0. The number of halogens is 1. The van der Waals surface area contributed by atoms with E-state index >= 15 is 0 Å². The van der Waals surface area contributed by atoms with Gasteiger partial charge in [0.1, 0.15) is 5.82 Å². The summed E-state index contributed by atoms with van der Waals surface area (Å²) in [5, 5.41) is 0.333. The van der Waals surface area contributed by atoms with Crippen molar-refractivity contribution in [3.8, 4) is 0 Å². The quantitative estimate of drug-likeness (QED) is 0.681. The predicted molar refractivity (Wildman–Crippen MR) is 53.1 cm³/mol. The van der Waals surface area contributed by atoms with E-state index in [1.165, 1.54) is 12.8 Å². The van der Waals surface area contributed by atoms with Crippen LogP contribution in [0.1, 0.15) is 19.8 Å². The second-order valence-corrected chi connectivity index (χ2v) is 3.57. The first-order valence-corrected chi connectivity index (χ1v) is 4.94. The fraction of sp³-hybridized carbons (Fsp3) is 0.556. The molecule has 1 aromatic heterocycles. The smallest absolute Gasteiger partial charge is 0.224 e. The Balaban J connectivity index is 2.16. The maximum atomic E-state index is 5.71. The van der Waals surface area contributed by atoms with Crippen molar-refractivity contribution in [2.75, 3.05) is 11.4 Å². The molecule has 0 N–H and O–H groups in total. The highest BCUT2D eigenvalue weighted by atomic mass is 35.5. The van der Waals surface area contributed by atoms with Crippen LogP contribution in [0.25, 0.3) is 0 Å². The van der Waals surface area contributed by atoms with E-state index in [1.807, 2.05) is 6.07 Å². The van der Waals surface area contributed by atoms with E-state index < -0.39 is 0 Å². The van der Waals surface area contributed by atoms with Crippen LogP contribution < -0.4 is 4.90 Å². The van der Waals surface area contributed by atoms with Crippen LogP contribution in [0.5, 0.6) is 0 Å². The van der Waals surface area contributed by atoms with Crippen LogP contribution in [0.2, 0.25) is 5.28 Å². The Kier molecular flexibility index (Phi) is 2.36. The molecule has 1 aliphatic rings. The van der Waals surface area contributed by atoms with Crippen LogP contribution in [0.4, 0.5) is 5.82 Å². The molecular formula is C9H12ClN3. The monoisotopic (exact) mass is 197 g/mol.